The summed E-state index contributed by atoms with van der Waals surface area (Å²) in [6.07, 6.45) is 4.13. The van der Waals surface area contributed by atoms with E-state index in [0.29, 0.717) is 28.8 Å². The molecule has 0 saturated heterocycles. The second kappa shape index (κ2) is 6.12. The van der Waals surface area contributed by atoms with E-state index in [9.17, 15) is 0 Å². The zero-order chi connectivity index (χ0) is 21.5. The SMILES string of the molecule is Cc1nnc2n1-c1c(cc(F)c(-c3cccc4c3cnn4CC3CC3)c1F)NC2(C)C. The third-order valence-electron chi connectivity index (χ3n) is 6.33. The number of rotatable bonds is 3. The van der Waals surface area contributed by atoms with Gasteiger partial charge < -0.3 is 5.32 Å². The van der Waals surface area contributed by atoms with Crippen molar-refractivity contribution in [2.45, 2.75) is 45.7 Å². The normalized spacial score (nSPS) is 16.8. The Morgan fingerprint density at radius 1 is 1.19 bits per heavy atom. The molecule has 2 aliphatic rings. The van der Waals surface area contributed by atoms with Gasteiger partial charge in [0.05, 0.1) is 28.5 Å². The van der Waals surface area contributed by atoms with Gasteiger partial charge in [-0.25, -0.2) is 8.78 Å². The van der Waals surface area contributed by atoms with Crippen molar-refractivity contribution in [3.05, 3.63) is 53.7 Å². The van der Waals surface area contributed by atoms with Gasteiger partial charge in [-0.05, 0) is 51.2 Å². The van der Waals surface area contributed by atoms with E-state index < -0.39 is 17.2 Å². The fraction of sp³-hybridized carbons (Fsp3) is 0.348. The summed E-state index contributed by atoms with van der Waals surface area (Å²) in [5.41, 5.74) is 1.34. The summed E-state index contributed by atoms with van der Waals surface area (Å²) in [5.74, 6) is 0.538. The van der Waals surface area contributed by atoms with Gasteiger partial charge in [-0.2, -0.15) is 5.10 Å². The van der Waals surface area contributed by atoms with Crippen LogP contribution < -0.4 is 5.32 Å². The predicted octanol–water partition coefficient (Wildman–Crippen LogP) is 4.94. The van der Waals surface area contributed by atoms with Crippen LogP contribution in [0.15, 0.2) is 30.5 Å². The number of nitrogens with zero attached hydrogens (tertiary/aromatic N) is 5. The average Bonchev–Trinajstić information content (AvgIpc) is 3.30. The molecule has 0 bridgehead atoms. The number of anilines is 1. The van der Waals surface area contributed by atoms with Crippen molar-refractivity contribution < 1.29 is 8.78 Å². The van der Waals surface area contributed by atoms with Crippen LogP contribution >= 0.6 is 0 Å². The minimum atomic E-state index is -0.635. The second-order valence-electron chi connectivity index (χ2n) is 9.11. The molecule has 6 rings (SSSR count). The van der Waals surface area contributed by atoms with Crippen LogP contribution in [0.2, 0.25) is 0 Å². The molecule has 8 heteroatoms. The topological polar surface area (TPSA) is 60.6 Å². The molecule has 2 aromatic heterocycles. The first kappa shape index (κ1) is 18.5. The maximum Gasteiger partial charge on any atom is 0.162 e. The Balaban J connectivity index is 1.59. The molecule has 1 saturated carbocycles. The van der Waals surface area contributed by atoms with Crippen molar-refractivity contribution in [3.63, 3.8) is 0 Å². The molecule has 1 aliphatic carbocycles. The molecule has 0 amide bonds. The van der Waals surface area contributed by atoms with E-state index in [1.54, 1.807) is 23.8 Å². The van der Waals surface area contributed by atoms with E-state index in [4.69, 9.17) is 0 Å². The van der Waals surface area contributed by atoms with Crippen molar-refractivity contribution in [1.29, 1.82) is 0 Å². The van der Waals surface area contributed by atoms with E-state index in [-0.39, 0.29) is 11.3 Å². The maximum atomic E-state index is 16.1. The van der Waals surface area contributed by atoms with Crippen LogP contribution in [0.1, 0.15) is 38.3 Å². The third kappa shape index (κ3) is 2.63. The summed E-state index contributed by atoms with van der Waals surface area (Å²) >= 11 is 0. The number of halogens is 2. The quantitative estimate of drug-likeness (QED) is 0.510. The minimum Gasteiger partial charge on any atom is -0.371 e. The Kier molecular flexibility index (Phi) is 3.65. The lowest BCUT2D eigenvalue weighted by molar-refractivity contribution is 0.517. The van der Waals surface area contributed by atoms with Gasteiger partial charge in [-0.3, -0.25) is 9.25 Å². The van der Waals surface area contributed by atoms with Gasteiger partial charge >= 0.3 is 0 Å². The number of hydrogen-bond acceptors (Lipinski definition) is 4. The van der Waals surface area contributed by atoms with Crippen LogP contribution in [0, 0.1) is 24.5 Å². The van der Waals surface area contributed by atoms with Crippen LogP contribution in [0.5, 0.6) is 0 Å². The summed E-state index contributed by atoms with van der Waals surface area (Å²) in [7, 11) is 0. The summed E-state index contributed by atoms with van der Waals surface area (Å²) < 4.78 is 35.1. The van der Waals surface area contributed by atoms with E-state index in [0.717, 1.165) is 17.4 Å². The number of nitrogens with one attached hydrogen (secondary N) is 1. The average molecular weight is 420 g/mol. The lowest BCUT2D eigenvalue weighted by atomic mass is 9.95. The fourth-order valence-electron chi connectivity index (χ4n) is 4.61. The van der Waals surface area contributed by atoms with E-state index in [1.807, 2.05) is 30.7 Å². The molecule has 6 nitrogen and oxygen atoms in total. The number of benzene rings is 2. The highest BCUT2D eigenvalue weighted by Crippen LogP contribution is 2.43. The molecule has 2 aromatic carbocycles. The molecule has 0 radical (unpaired) electrons. The van der Waals surface area contributed by atoms with Crippen LogP contribution in [-0.2, 0) is 12.1 Å². The molecular formula is C23H22F2N6. The van der Waals surface area contributed by atoms with Gasteiger partial charge in [0.2, 0.25) is 0 Å². The van der Waals surface area contributed by atoms with Gasteiger partial charge in [-0.1, -0.05) is 12.1 Å². The molecule has 0 atom stereocenters. The first-order chi connectivity index (χ1) is 14.8. The van der Waals surface area contributed by atoms with Crippen molar-refractivity contribution in [1.82, 2.24) is 24.5 Å². The van der Waals surface area contributed by atoms with Gasteiger partial charge in [-0.15, -0.1) is 10.2 Å². The van der Waals surface area contributed by atoms with Gasteiger partial charge in [0, 0.05) is 18.0 Å². The zero-order valence-electron chi connectivity index (χ0n) is 17.6. The molecule has 1 fully saturated rings. The summed E-state index contributed by atoms with van der Waals surface area (Å²) in [6.45, 7) is 6.43. The number of aromatic nitrogens is 5. The molecule has 1 aliphatic heterocycles. The summed E-state index contributed by atoms with van der Waals surface area (Å²) in [4.78, 5) is 0. The maximum absolute atomic E-state index is 16.1. The minimum absolute atomic E-state index is 0.0594. The Morgan fingerprint density at radius 2 is 2.00 bits per heavy atom. The highest BCUT2D eigenvalue weighted by atomic mass is 19.1. The first-order valence-corrected chi connectivity index (χ1v) is 10.5. The molecular weight excluding hydrogens is 398 g/mol. The van der Waals surface area contributed by atoms with Crippen molar-refractivity contribution in [3.8, 4) is 16.8 Å². The fourth-order valence-corrected chi connectivity index (χ4v) is 4.61. The molecule has 0 unspecified atom stereocenters. The van der Waals surface area contributed by atoms with E-state index in [1.165, 1.54) is 18.9 Å². The number of hydrogen-bond donors (Lipinski definition) is 1. The largest absolute Gasteiger partial charge is 0.371 e. The van der Waals surface area contributed by atoms with Crippen molar-refractivity contribution >= 4 is 16.6 Å². The molecule has 158 valence electrons. The number of aryl methyl sites for hydroxylation is 1. The third-order valence-corrected chi connectivity index (χ3v) is 6.33. The highest BCUT2D eigenvalue weighted by Gasteiger charge is 2.37. The van der Waals surface area contributed by atoms with Crippen molar-refractivity contribution in [2.75, 3.05) is 5.32 Å². The molecule has 31 heavy (non-hydrogen) atoms. The lowest BCUT2D eigenvalue weighted by Gasteiger charge is -2.34. The zero-order valence-corrected chi connectivity index (χ0v) is 17.6. The smallest absolute Gasteiger partial charge is 0.162 e. The first-order valence-electron chi connectivity index (χ1n) is 10.5. The Bertz CT molecular complexity index is 1360. The highest BCUT2D eigenvalue weighted by molar-refractivity contribution is 5.96. The van der Waals surface area contributed by atoms with Gasteiger partial charge in [0.1, 0.15) is 17.3 Å². The van der Waals surface area contributed by atoms with Crippen LogP contribution in [0.25, 0.3) is 27.7 Å². The standard InChI is InChI=1S/C23H22F2N6/c1-12-28-29-22-23(2,3)27-17-9-16(24)19(20(25)21(17)31(12)22)14-5-4-6-18-15(14)10-26-30(18)11-13-7-8-13/h4-6,9-10,13,27H,7-8,11H2,1-3H3. The van der Waals surface area contributed by atoms with Crippen LogP contribution in [-0.4, -0.2) is 24.5 Å². The van der Waals surface area contributed by atoms with Crippen LogP contribution in [0.4, 0.5) is 14.5 Å². The van der Waals surface area contributed by atoms with Gasteiger partial charge in [0.15, 0.2) is 11.6 Å². The monoisotopic (exact) mass is 420 g/mol. The van der Waals surface area contributed by atoms with Crippen molar-refractivity contribution in [2.24, 2.45) is 5.92 Å². The lowest BCUT2D eigenvalue weighted by Crippen LogP contribution is -2.36. The second-order valence-corrected chi connectivity index (χ2v) is 9.11. The Morgan fingerprint density at radius 3 is 2.77 bits per heavy atom. The van der Waals surface area contributed by atoms with E-state index in [2.05, 4.69) is 20.6 Å². The van der Waals surface area contributed by atoms with Gasteiger partial charge in [0.25, 0.3) is 0 Å². The molecule has 0 spiro atoms. The summed E-state index contributed by atoms with van der Waals surface area (Å²) in [5, 5.41) is 16.8. The molecule has 1 N–H and O–H groups in total. The Labute approximate surface area is 177 Å². The Hall–Kier alpha value is -3.29. The predicted molar refractivity (Wildman–Crippen MR) is 114 cm³/mol. The van der Waals surface area contributed by atoms with Crippen LogP contribution in [0.3, 0.4) is 0 Å². The number of fused-ring (bicyclic) bond motifs is 4. The van der Waals surface area contributed by atoms with E-state index >= 15 is 8.78 Å². The summed E-state index contributed by atoms with van der Waals surface area (Å²) in [6, 6.07) is 6.90. The molecule has 4 aromatic rings. The molecule has 3 heterocycles.